The van der Waals surface area contributed by atoms with Gasteiger partial charge in [-0.25, -0.2) is 22.6 Å². The first-order valence-electron chi connectivity index (χ1n) is 12.0. The zero-order chi connectivity index (χ0) is 27.3. The highest BCUT2D eigenvalue weighted by atomic mass is 32.2. The van der Waals surface area contributed by atoms with Crippen molar-refractivity contribution in [1.29, 1.82) is 0 Å². The van der Waals surface area contributed by atoms with Crippen LogP contribution >= 0.6 is 0 Å². The molecule has 196 valence electrons. The highest BCUT2D eigenvalue weighted by Gasteiger charge is 2.10. The van der Waals surface area contributed by atoms with E-state index in [1.165, 1.54) is 31.6 Å². The number of pyridine rings is 1. The minimum atomic E-state index is -3.00. The van der Waals surface area contributed by atoms with Gasteiger partial charge in [0, 0.05) is 34.9 Å². The van der Waals surface area contributed by atoms with Gasteiger partial charge in [-0.1, -0.05) is 30.3 Å². The maximum atomic E-state index is 14.6. The van der Waals surface area contributed by atoms with E-state index in [4.69, 9.17) is 4.74 Å². The van der Waals surface area contributed by atoms with Crippen molar-refractivity contribution in [3.63, 3.8) is 0 Å². The lowest BCUT2D eigenvalue weighted by Gasteiger charge is -2.12. The van der Waals surface area contributed by atoms with Crippen molar-refractivity contribution in [3.05, 3.63) is 89.8 Å². The van der Waals surface area contributed by atoms with Crippen molar-refractivity contribution >= 4 is 32.8 Å². The number of carbonyl (C=O) groups excluding carboxylic acids is 1. The molecule has 8 heteroatoms. The predicted molar refractivity (Wildman–Crippen MR) is 148 cm³/mol. The number of esters is 1. The lowest BCUT2D eigenvalue weighted by molar-refractivity contribution is -0.134. The average Bonchev–Trinajstić information content (AvgIpc) is 2.89. The number of halogens is 1. The molecule has 0 spiro atoms. The molecule has 0 fully saturated rings. The quantitative estimate of drug-likeness (QED) is 0.149. The predicted octanol–water partition coefficient (Wildman–Crippen LogP) is 6.02. The number of methoxy groups -OCH3 is 1. The first-order valence-corrected chi connectivity index (χ1v) is 14.1. The second kappa shape index (κ2) is 11.6. The summed E-state index contributed by atoms with van der Waals surface area (Å²) in [6.45, 7) is 2.33. The highest BCUT2D eigenvalue weighted by Crippen LogP contribution is 2.31. The fraction of sp³-hybridized carbons (Fsp3) is 0.200. The topological polar surface area (TPSA) is 82.6 Å². The van der Waals surface area contributed by atoms with Crippen molar-refractivity contribution in [1.82, 2.24) is 4.98 Å². The smallest absolute Gasteiger partial charge is 0.330 e. The third-order valence-electron chi connectivity index (χ3n) is 6.00. The van der Waals surface area contributed by atoms with Crippen LogP contribution in [0.5, 0.6) is 5.75 Å². The van der Waals surface area contributed by atoms with E-state index in [-0.39, 0.29) is 11.3 Å². The number of fused-ring (bicyclic) bond motifs is 1. The third kappa shape index (κ3) is 6.83. The molecule has 0 saturated carbocycles. The summed E-state index contributed by atoms with van der Waals surface area (Å²) in [5.74, 6) is -0.250. The molecule has 4 rings (SSSR count). The van der Waals surface area contributed by atoms with E-state index in [1.807, 2.05) is 61.5 Å². The van der Waals surface area contributed by atoms with Gasteiger partial charge in [0.2, 0.25) is 0 Å². The molecule has 4 aromatic rings. The molecule has 0 unspecified atom stereocenters. The first kappa shape index (κ1) is 27.0. The van der Waals surface area contributed by atoms with Gasteiger partial charge in [0.15, 0.2) is 0 Å². The second-order valence-corrected chi connectivity index (χ2v) is 11.3. The maximum Gasteiger partial charge on any atom is 0.330 e. The fourth-order valence-electron chi connectivity index (χ4n) is 4.08. The normalized spacial score (nSPS) is 11.7. The van der Waals surface area contributed by atoms with Gasteiger partial charge in [0.25, 0.3) is 0 Å². The molecule has 0 saturated heterocycles. The van der Waals surface area contributed by atoms with Crippen molar-refractivity contribution in [3.8, 4) is 28.1 Å². The Morgan fingerprint density at radius 3 is 2.55 bits per heavy atom. The molecular weight excluding hydrogens is 505 g/mol. The number of hydrogen-bond donors (Lipinski definition) is 0. The van der Waals surface area contributed by atoms with Crippen molar-refractivity contribution < 1.29 is 27.1 Å². The van der Waals surface area contributed by atoms with Gasteiger partial charge in [-0.3, -0.25) is 0 Å². The summed E-state index contributed by atoms with van der Waals surface area (Å²) in [7, 11) is -1.74. The maximum absolute atomic E-state index is 14.6. The first-order chi connectivity index (χ1) is 18.1. The molecule has 38 heavy (non-hydrogen) atoms. The number of hydrogen-bond acceptors (Lipinski definition) is 6. The Morgan fingerprint density at radius 1 is 1.03 bits per heavy atom. The van der Waals surface area contributed by atoms with E-state index in [1.54, 1.807) is 6.07 Å². The van der Waals surface area contributed by atoms with Gasteiger partial charge in [-0.05, 0) is 66.4 Å². The summed E-state index contributed by atoms with van der Waals surface area (Å²) < 4.78 is 47.5. The van der Waals surface area contributed by atoms with Crippen molar-refractivity contribution in [2.24, 2.45) is 0 Å². The fourth-order valence-corrected chi connectivity index (χ4v) is 4.73. The van der Waals surface area contributed by atoms with Crippen molar-refractivity contribution in [2.75, 3.05) is 25.7 Å². The van der Waals surface area contributed by atoms with Crippen molar-refractivity contribution in [2.45, 2.75) is 13.3 Å². The molecule has 0 aliphatic rings. The number of aromatic nitrogens is 1. The standard InChI is InChI=1S/C30H28FNO5S/c1-20-16-25(37-14-5-15-38(3,34)35)10-11-26(20)21-6-4-7-23(17-21)28-12-8-24-18-22(9-13-30(33)36-2)27(31)19-29(24)32-28/h4,6-13,16-19H,5,14-15H2,1-3H3. The minimum absolute atomic E-state index is 0.0971. The Kier molecular flexibility index (Phi) is 8.22. The van der Waals surface area contributed by atoms with Gasteiger partial charge in [-0.15, -0.1) is 0 Å². The molecule has 0 bridgehead atoms. The summed E-state index contributed by atoms with van der Waals surface area (Å²) in [6, 6.07) is 20.5. The largest absolute Gasteiger partial charge is 0.494 e. The van der Waals surface area contributed by atoms with Crippen LogP contribution in [-0.4, -0.2) is 45.1 Å². The molecule has 0 amide bonds. The Hall–Kier alpha value is -4.04. The molecule has 0 radical (unpaired) electrons. The van der Waals surface area contributed by atoms with Crippen LogP contribution in [0.15, 0.2) is 72.8 Å². The van der Waals surface area contributed by atoms with E-state index in [2.05, 4.69) is 9.72 Å². The van der Waals surface area contributed by atoms with Crippen LogP contribution in [0.3, 0.4) is 0 Å². The third-order valence-corrected chi connectivity index (χ3v) is 7.03. The van der Waals surface area contributed by atoms with Gasteiger partial charge in [0.1, 0.15) is 21.4 Å². The monoisotopic (exact) mass is 533 g/mol. The SMILES string of the molecule is COC(=O)C=Cc1cc2ccc(-c3cccc(-c4ccc(OCCCS(C)(=O)=O)cc4C)c3)nc2cc1F. The van der Waals surface area contributed by atoms with Gasteiger partial charge in [-0.2, -0.15) is 0 Å². The molecule has 0 N–H and O–H groups in total. The summed E-state index contributed by atoms with van der Waals surface area (Å²) in [5.41, 5.74) is 5.43. The summed E-state index contributed by atoms with van der Waals surface area (Å²) >= 11 is 0. The van der Waals surface area contributed by atoms with Gasteiger partial charge in [0.05, 0.1) is 30.7 Å². The Morgan fingerprint density at radius 2 is 1.82 bits per heavy atom. The zero-order valence-corrected chi connectivity index (χ0v) is 22.2. The van der Waals surface area contributed by atoms with E-state index in [9.17, 15) is 17.6 Å². The molecule has 1 heterocycles. The number of ether oxygens (including phenoxy) is 2. The average molecular weight is 534 g/mol. The molecule has 0 aliphatic carbocycles. The number of carbonyl (C=O) groups is 1. The van der Waals surface area contributed by atoms with Crippen LogP contribution in [0.1, 0.15) is 17.5 Å². The van der Waals surface area contributed by atoms with Crippen LogP contribution in [0.4, 0.5) is 4.39 Å². The number of nitrogens with zero attached hydrogens (tertiary/aromatic N) is 1. The minimum Gasteiger partial charge on any atom is -0.494 e. The number of rotatable bonds is 9. The van der Waals surface area contributed by atoms with Crippen LogP contribution < -0.4 is 4.74 Å². The number of benzene rings is 3. The zero-order valence-electron chi connectivity index (χ0n) is 21.4. The van der Waals surface area contributed by atoms with Gasteiger partial charge < -0.3 is 9.47 Å². The van der Waals surface area contributed by atoms with E-state index in [0.717, 1.165) is 27.6 Å². The van der Waals surface area contributed by atoms with Gasteiger partial charge >= 0.3 is 5.97 Å². The molecule has 0 aliphatic heterocycles. The highest BCUT2D eigenvalue weighted by molar-refractivity contribution is 7.90. The number of sulfone groups is 1. The number of aryl methyl sites for hydroxylation is 1. The lowest BCUT2D eigenvalue weighted by Crippen LogP contribution is -2.08. The molecular formula is C30H28FNO5S. The molecule has 6 nitrogen and oxygen atoms in total. The molecule has 3 aromatic carbocycles. The molecule has 1 aromatic heterocycles. The summed E-state index contributed by atoms with van der Waals surface area (Å²) in [5, 5.41) is 0.749. The summed E-state index contributed by atoms with van der Waals surface area (Å²) in [4.78, 5) is 16.0. The Labute approximate surface area is 221 Å². The summed E-state index contributed by atoms with van der Waals surface area (Å²) in [6.07, 6.45) is 4.22. The van der Waals surface area contributed by atoms with Crippen LogP contribution in [0, 0.1) is 12.7 Å². The van der Waals surface area contributed by atoms with E-state index < -0.39 is 21.6 Å². The van der Waals surface area contributed by atoms with E-state index in [0.29, 0.717) is 30.0 Å². The Bertz CT molecular complexity index is 1630. The van der Waals surface area contributed by atoms with Crippen LogP contribution in [-0.2, 0) is 19.4 Å². The second-order valence-electron chi connectivity index (χ2n) is 9.01. The van der Waals surface area contributed by atoms with Crippen LogP contribution in [0.2, 0.25) is 0 Å². The molecule has 0 atom stereocenters. The Balaban J connectivity index is 1.55. The van der Waals surface area contributed by atoms with Crippen LogP contribution in [0.25, 0.3) is 39.4 Å². The van der Waals surface area contributed by atoms with E-state index >= 15 is 0 Å². The lowest BCUT2D eigenvalue weighted by atomic mass is 9.97.